The van der Waals surface area contributed by atoms with Crippen molar-refractivity contribution in [3.63, 3.8) is 0 Å². The number of hydrogen-bond acceptors (Lipinski definition) is 3. The van der Waals surface area contributed by atoms with Crippen LogP contribution in [0.25, 0.3) is 0 Å². The number of hydrazine groups is 1. The van der Waals surface area contributed by atoms with Crippen molar-refractivity contribution < 1.29 is 14.4 Å². The zero-order valence-corrected chi connectivity index (χ0v) is 7.15. The second-order valence-corrected chi connectivity index (χ2v) is 3.91. The van der Waals surface area contributed by atoms with Gasteiger partial charge in [0.15, 0.2) is 0 Å². The minimum atomic E-state index is -4.45. The molecule has 0 aromatic carbocycles. The van der Waals surface area contributed by atoms with Gasteiger partial charge in [-0.15, -0.1) is 0 Å². The highest BCUT2D eigenvalue weighted by molar-refractivity contribution is 7.84. The molecule has 0 rings (SSSR count). The average Bonchev–Trinajstić information content (AvgIpc) is 1.62. The summed E-state index contributed by atoms with van der Waals surface area (Å²) in [5.41, 5.74) is 0. The SMILES string of the molecule is O=P(O)(O)N(S)N(Cl)Cl. The Balaban J connectivity index is 4.05. The van der Waals surface area contributed by atoms with Crippen molar-refractivity contribution in [2.75, 3.05) is 0 Å². The molecule has 0 radical (unpaired) electrons. The molecule has 0 fully saturated rings. The molecule has 0 spiro atoms. The molecular formula is H3Cl2N2O3PS. The van der Waals surface area contributed by atoms with Crippen molar-refractivity contribution in [2.45, 2.75) is 0 Å². The summed E-state index contributed by atoms with van der Waals surface area (Å²) in [5, 5.41) is 0. The largest absolute Gasteiger partial charge is 0.428 e. The Kier molecular flexibility index (Phi) is 3.79. The summed E-state index contributed by atoms with van der Waals surface area (Å²) in [6.07, 6.45) is 0. The standard InChI is InChI=1S/Cl2H3N2O3PS/c1-3(2)4(9)8(5,6)7/h9H,(H2,5,6,7). The zero-order chi connectivity index (χ0) is 7.65. The first-order valence-corrected chi connectivity index (χ1v) is 4.16. The molecular weight excluding hydrogens is 210 g/mol. The van der Waals surface area contributed by atoms with Gasteiger partial charge in [-0.3, -0.25) is 0 Å². The van der Waals surface area contributed by atoms with E-state index in [4.69, 9.17) is 33.3 Å². The lowest BCUT2D eigenvalue weighted by atomic mass is 12.9. The van der Waals surface area contributed by atoms with E-state index in [-0.39, 0.29) is 8.23 Å². The van der Waals surface area contributed by atoms with Crippen LogP contribution in [0.3, 0.4) is 0 Å². The van der Waals surface area contributed by atoms with Crippen LogP contribution in [0.2, 0.25) is 0 Å². The lowest BCUT2D eigenvalue weighted by Crippen LogP contribution is -2.15. The Hall–Kier alpha value is 1.00. The maximum atomic E-state index is 10.1. The summed E-state index contributed by atoms with van der Waals surface area (Å²) in [6.45, 7) is 0. The molecule has 0 aliphatic rings. The van der Waals surface area contributed by atoms with Gasteiger partial charge in [-0.05, 0) is 4.05 Å². The van der Waals surface area contributed by atoms with Crippen LogP contribution in [-0.2, 0) is 4.57 Å². The van der Waals surface area contributed by atoms with Crippen LogP contribution in [0.5, 0.6) is 0 Å². The summed E-state index contributed by atoms with van der Waals surface area (Å²) in [6, 6.07) is 0. The fraction of sp³-hybridized carbons (Fsp3) is 0. The summed E-state index contributed by atoms with van der Waals surface area (Å²) in [7, 11) is -4.45. The third-order valence-electron chi connectivity index (χ3n) is 0.368. The molecule has 0 saturated carbocycles. The molecule has 0 amide bonds. The minimum Gasteiger partial charge on any atom is -0.311 e. The Bertz CT molecular complexity index is 134. The van der Waals surface area contributed by atoms with Gasteiger partial charge in [-0.1, -0.05) is 17.0 Å². The van der Waals surface area contributed by atoms with Gasteiger partial charge < -0.3 is 9.79 Å². The smallest absolute Gasteiger partial charge is 0.311 e. The van der Waals surface area contributed by atoms with Gasteiger partial charge in [-0.25, -0.2) is 4.57 Å². The minimum absolute atomic E-state index is 0.0795. The quantitative estimate of drug-likeness (QED) is 0.273. The van der Waals surface area contributed by atoms with Crippen molar-refractivity contribution in [1.29, 1.82) is 0 Å². The molecule has 0 aliphatic carbocycles. The number of hydrogen-bond donors (Lipinski definition) is 3. The highest BCUT2D eigenvalue weighted by Gasteiger charge is 2.26. The van der Waals surface area contributed by atoms with Gasteiger partial charge in [0.2, 0.25) is 0 Å². The van der Waals surface area contributed by atoms with E-state index in [2.05, 4.69) is 12.8 Å². The van der Waals surface area contributed by atoms with Gasteiger partial charge in [0.1, 0.15) is 0 Å². The Morgan fingerprint density at radius 3 is 1.78 bits per heavy atom. The topological polar surface area (TPSA) is 64.0 Å². The molecule has 0 aliphatic heterocycles. The van der Waals surface area contributed by atoms with E-state index < -0.39 is 7.75 Å². The summed E-state index contributed by atoms with van der Waals surface area (Å²) in [4.78, 5) is 16.4. The third kappa shape index (κ3) is 3.64. The molecule has 0 unspecified atom stereocenters. The second kappa shape index (κ2) is 3.41. The molecule has 0 saturated heterocycles. The molecule has 2 N–H and O–H groups in total. The van der Waals surface area contributed by atoms with Crippen LogP contribution >= 0.6 is 44.1 Å². The molecule has 9 heteroatoms. The van der Waals surface area contributed by atoms with E-state index in [1.807, 2.05) is 0 Å². The molecule has 9 heavy (non-hydrogen) atoms. The third-order valence-corrected chi connectivity index (χ3v) is 2.62. The lowest BCUT2D eigenvalue weighted by molar-refractivity contribution is 0.284. The summed E-state index contributed by atoms with van der Waals surface area (Å²) < 4.78 is 10.3. The number of rotatable bonds is 2. The van der Waals surface area contributed by atoms with Crippen LogP contribution < -0.4 is 0 Å². The molecule has 5 nitrogen and oxygen atoms in total. The first-order valence-electron chi connectivity index (χ1n) is 1.52. The molecule has 0 atom stereocenters. The number of thiol groups is 1. The second-order valence-electron chi connectivity index (χ2n) is 0.997. The predicted molar refractivity (Wildman–Crippen MR) is 36.4 cm³/mol. The molecule has 0 aromatic rings. The normalized spacial score (nSPS) is 13.2. The van der Waals surface area contributed by atoms with Crippen molar-refractivity contribution in [2.24, 2.45) is 0 Å². The van der Waals surface area contributed by atoms with Crippen molar-refractivity contribution >= 4 is 44.1 Å². The van der Waals surface area contributed by atoms with Crippen LogP contribution in [0.15, 0.2) is 0 Å². The van der Waals surface area contributed by atoms with Crippen molar-refractivity contribution in [3.05, 3.63) is 0 Å². The average molecular weight is 213 g/mol. The molecule has 0 aromatic heterocycles. The van der Waals surface area contributed by atoms with Crippen molar-refractivity contribution in [1.82, 2.24) is 8.23 Å². The first-order chi connectivity index (χ1) is 3.85. The van der Waals surface area contributed by atoms with Gasteiger partial charge in [0.25, 0.3) is 0 Å². The van der Waals surface area contributed by atoms with Crippen LogP contribution in [0.1, 0.15) is 0 Å². The first kappa shape index (κ1) is 10.0. The van der Waals surface area contributed by atoms with E-state index in [9.17, 15) is 4.57 Å². The van der Waals surface area contributed by atoms with Gasteiger partial charge in [0.05, 0.1) is 0 Å². The maximum Gasteiger partial charge on any atom is 0.428 e. The van der Waals surface area contributed by atoms with E-state index in [1.165, 1.54) is 0 Å². The highest BCUT2D eigenvalue weighted by atomic mass is 35.5. The van der Waals surface area contributed by atoms with Crippen LogP contribution in [0, 0.1) is 0 Å². The number of halogens is 2. The van der Waals surface area contributed by atoms with Gasteiger partial charge in [0, 0.05) is 23.6 Å². The van der Waals surface area contributed by atoms with E-state index >= 15 is 0 Å². The number of nitrogens with zero attached hydrogens (tertiary/aromatic N) is 2. The van der Waals surface area contributed by atoms with Crippen LogP contribution in [0.4, 0.5) is 0 Å². The highest BCUT2D eigenvalue weighted by Crippen LogP contribution is 2.44. The van der Waals surface area contributed by atoms with Crippen molar-refractivity contribution in [3.8, 4) is 0 Å². The molecule has 56 valence electrons. The zero-order valence-electron chi connectivity index (χ0n) is 3.85. The summed E-state index contributed by atoms with van der Waals surface area (Å²) >= 11 is 13.0. The molecule has 0 heterocycles. The fourth-order valence-corrected chi connectivity index (χ4v) is 0.793. The van der Waals surface area contributed by atoms with E-state index in [0.717, 1.165) is 0 Å². The Labute approximate surface area is 67.1 Å². The monoisotopic (exact) mass is 212 g/mol. The van der Waals surface area contributed by atoms with Gasteiger partial charge in [-0.2, -0.15) is 0 Å². The molecule has 0 bridgehead atoms. The van der Waals surface area contributed by atoms with Gasteiger partial charge >= 0.3 is 7.75 Å². The van der Waals surface area contributed by atoms with E-state index in [1.54, 1.807) is 0 Å². The Morgan fingerprint density at radius 2 is 1.78 bits per heavy atom. The Morgan fingerprint density at radius 1 is 1.44 bits per heavy atom. The maximum absolute atomic E-state index is 10.1. The fourth-order valence-electron chi connectivity index (χ4n) is 0.0881. The lowest BCUT2D eigenvalue weighted by Gasteiger charge is -2.16. The van der Waals surface area contributed by atoms with Crippen LogP contribution in [-0.4, -0.2) is 18.0 Å². The summed E-state index contributed by atoms with van der Waals surface area (Å²) in [5.74, 6) is 0. The predicted octanol–water partition coefficient (Wildman–Crippen LogP) is 0.750. The van der Waals surface area contributed by atoms with E-state index in [0.29, 0.717) is 0 Å².